The molecule has 0 heterocycles. The van der Waals surface area contributed by atoms with Crippen molar-refractivity contribution in [3.8, 4) is 0 Å². The molecule has 0 saturated heterocycles. The maximum absolute atomic E-state index is 11.3. The number of carboxylic acids is 1. The normalized spacial score (nSPS) is 10.7. The molecule has 0 aromatic heterocycles. The summed E-state index contributed by atoms with van der Waals surface area (Å²) < 4.78 is 0. The monoisotopic (exact) mass is 228 g/mol. The van der Waals surface area contributed by atoms with Crippen LogP contribution in [0.4, 0.5) is 0 Å². The third kappa shape index (κ3) is 2.03. The van der Waals surface area contributed by atoms with Crippen molar-refractivity contribution < 1.29 is 9.90 Å². The summed E-state index contributed by atoms with van der Waals surface area (Å²) >= 11 is 0. The summed E-state index contributed by atoms with van der Waals surface area (Å²) in [6.07, 6.45) is 1.71. The quantitative estimate of drug-likeness (QED) is 0.870. The number of hydrogen-bond donors (Lipinski definition) is 1. The smallest absolute Gasteiger partial charge is 0.336 e. The highest BCUT2D eigenvalue weighted by Crippen LogP contribution is 2.24. The number of aromatic carboxylic acids is 1. The zero-order valence-electron chi connectivity index (χ0n) is 10.2. The van der Waals surface area contributed by atoms with E-state index in [1.54, 1.807) is 0 Å². The highest BCUT2D eigenvalue weighted by molar-refractivity contribution is 6.05. The first-order valence-electron chi connectivity index (χ1n) is 5.95. The van der Waals surface area contributed by atoms with Crippen LogP contribution in [-0.2, 0) is 12.8 Å². The fourth-order valence-electron chi connectivity index (χ4n) is 2.19. The van der Waals surface area contributed by atoms with Crippen molar-refractivity contribution in [1.82, 2.24) is 0 Å². The first kappa shape index (κ1) is 11.6. The van der Waals surface area contributed by atoms with Crippen LogP contribution in [0.1, 0.15) is 35.3 Å². The Bertz CT molecular complexity index is 570. The molecule has 0 atom stereocenters. The van der Waals surface area contributed by atoms with Crippen molar-refractivity contribution in [3.63, 3.8) is 0 Å². The number of benzene rings is 2. The van der Waals surface area contributed by atoms with E-state index < -0.39 is 5.97 Å². The van der Waals surface area contributed by atoms with Crippen molar-refractivity contribution >= 4 is 16.7 Å². The minimum Gasteiger partial charge on any atom is -0.478 e. The van der Waals surface area contributed by atoms with Gasteiger partial charge < -0.3 is 5.11 Å². The van der Waals surface area contributed by atoms with Crippen LogP contribution in [0.5, 0.6) is 0 Å². The first-order valence-corrected chi connectivity index (χ1v) is 5.95. The summed E-state index contributed by atoms with van der Waals surface area (Å²) in [5.74, 6) is -0.836. The van der Waals surface area contributed by atoms with Gasteiger partial charge in [0.25, 0.3) is 0 Å². The van der Waals surface area contributed by atoms with Gasteiger partial charge in [0, 0.05) is 0 Å². The number of hydrogen-bond acceptors (Lipinski definition) is 1. The molecular weight excluding hydrogens is 212 g/mol. The number of aryl methyl sites for hydroxylation is 2. The second kappa shape index (κ2) is 4.58. The SMILES string of the molecule is CCc1ccc2c(C(=O)O)c(CC)ccc2c1. The van der Waals surface area contributed by atoms with Gasteiger partial charge in [0.1, 0.15) is 0 Å². The molecule has 17 heavy (non-hydrogen) atoms. The lowest BCUT2D eigenvalue weighted by atomic mass is 9.96. The number of rotatable bonds is 3. The Morgan fingerprint density at radius 1 is 1.12 bits per heavy atom. The van der Waals surface area contributed by atoms with E-state index in [2.05, 4.69) is 13.0 Å². The van der Waals surface area contributed by atoms with Gasteiger partial charge in [-0.2, -0.15) is 0 Å². The molecule has 0 saturated carbocycles. The van der Waals surface area contributed by atoms with Gasteiger partial charge in [-0.25, -0.2) is 4.79 Å². The Morgan fingerprint density at radius 3 is 2.47 bits per heavy atom. The molecule has 0 amide bonds. The summed E-state index contributed by atoms with van der Waals surface area (Å²) in [6, 6.07) is 9.94. The molecule has 0 unspecified atom stereocenters. The maximum atomic E-state index is 11.3. The first-order chi connectivity index (χ1) is 8.17. The van der Waals surface area contributed by atoms with Crippen LogP contribution < -0.4 is 0 Å². The van der Waals surface area contributed by atoms with Crippen molar-refractivity contribution in [3.05, 3.63) is 47.0 Å². The van der Waals surface area contributed by atoms with Gasteiger partial charge >= 0.3 is 5.97 Å². The highest BCUT2D eigenvalue weighted by atomic mass is 16.4. The van der Waals surface area contributed by atoms with E-state index >= 15 is 0 Å². The van der Waals surface area contributed by atoms with Gasteiger partial charge in [-0.05, 0) is 34.7 Å². The van der Waals surface area contributed by atoms with Crippen LogP contribution in [0, 0.1) is 0 Å². The molecule has 2 aromatic rings. The van der Waals surface area contributed by atoms with Crippen LogP contribution >= 0.6 is 0 Å². The lowest BCUT2D eigenvalue weighted by Gasteiger charge is -2.09. The zero-order valence-corrected chi connectivity index (χ0v) is 10.2. The summed E-state index contributed by atoms with van der Waals surface area (Å²) in [6.45, 7) is 4.08. The van der Waals surface area contributed by atoms with Crippen molar-refractivity contribution in [2.75, 3.05) is 0 Å². The van der Waals surface area contributed by atoms with Gasteiger partial charge in [0.15, 0.2) is 0 Å². The Labute approximate surface area is 101 Å². The summed E-state index contributed by atoms with van der Waals surface area (Å²) in [5, 5.41) is 11.2. The molecule has 0 aliphatic rings. The number of carbonyl (C=O) groups is 1. The van der Waals surface area contributed by atoms with Gasteiger partial charge in [-0.1, -0.05) is 44.2 Å². The third-order valence-corrected chi connectivity index (χ3v) is 3.17. The van der Waals surface area contributed by atoms with Crippen LogP contribution in [-0.4, -0.2) is 11.1 Å². The van der Waals surface area contributed by atoms with E-state index in [1.165, 1.54) is 5.56 Å². The summed E-state index contributed by atoms with van der Waals surface area (Å²) in [7, 11) is 0. The molecule has 1 N–H and O–H groups in total. The molecule has 0 spiro atoms. The van der Waals surface area contributed by atoms with Crippen LogP contribution in [0.15, 0.2) is 30.3 Å². The minimum absolute atomic E-state index is 0.452. The third-order valence-electron chi connectivity index (χ3n) is 3.17. The lowest BCUT2D eigenvalue weighted by molar-refractivity contribution is 0.0698. The molecule has 0 bridgehead atoms. The largest absolute Gasteiger partial charge is 0.478 e. The van der Waals surface area contributed by atoms with E-state index in [0.717, 1.165) is 29.2 Å². The average molecular weight is 228 g/mol. The van der Waals surface area contributed by atoms with Crippen molar-refractivity contribution in [2.45, 2.75) is 26.7 Å². The van der Waals surface area contributed by atoms with Gasteiger partial charge in [0.05, 0.1) is 5.56 Å². The van der Waals surface area contributed by atoms with E-state index in [-0.39, 0.29) is 0 Å². The second-order valence-electron chi connectivity index (χ2n) is 4.17. The Balaban J connectivity index is 2.77. The topological polar surface area (TPSA) is 37.3 Å². The van der Waals surface area contributed by atoms with Crippen LogP contribution in [0.3, 0.4) is 0 Å². The van der Waals surface area contributed by atoms with E-state index in [1.807, 2.05) is 31.2 Å². The molecule has 0 fully saturated rings. The van der Waals surface area contributed by atoms with Gasteiger partial charge in [-0.3, -0.25) is 0 Å². The average Bonchev–Trinajstić information content (AvgIpc) is 2.36. The molecule has 2 nitrogen and oxygen atoms in total. The Morgan fingerprint density at radius 2 is 1.88 bits per heavy atom. The maximum Gasteiger partial charge on any atom is 0.336 e. The zero-order chi connectivity index (χ0) is 12.4. The summed E-state index contributed by atoms with van der Waals surface area (Å²) in [4.78, 5) is 11.3. The molecule has 0 aliphatic carbocycles. The molecule has 2 rings (SSSR count). The molecule has 2 aromatic carbocycles. The number of fused-ring (bicyclic) bond motifs is 1. The van der Waals surface area contributed by atoms with E-state index in [4.69, 9.17) is 0 Å². The Kier molecular flexibility index (Phi) is 3.14. The second-order valence-corrected chi connectivity index (χ2v) is 4.17. The van der Waals surface area contributed by atoms with Crippen molar-refractivity contribution in [1.29, 1.82) is 0 Å². The van der Waals surface area contributed by atoms with Crippen LogP contribution in [0.2, 0.25) is 0 Å². The fourth-order valence-corrected chi connectivity index (χ4v) is 2.19. The lowest BCUT2D eigenvalue weighted by Crippen LogP contribution is -2.03. The Hall–Kier alpha value is -1.83. The molecule has 0 radical (unpaired) electrons. The van der Waals surface area contributed by atoms with Gasteiger partial charge in [-0.15, -0.1) is 0 Å². The van der Waals surface area contributed by atoms with E-state index in [9.17, 15) is 9.90 Å². The predicted octanol–water partition coefficient (Wildman–Crippen LogP) is 3.66. The summed E-state index contributed by atoms with van der Waals surface area (Å²) in [5.41, 5.74) is 2.58. The molecule has 0 aliphatic heterocycles. The highest BCUT2D eigenvalue weighted by Gasteiger charge is 2.13. The standard InChI is InChI=1S/C15H16O2/c1-3-10-5-8-13-12(9-10)7-6-11(4-2)14(13)15(16)17/h5-9H,3-4H2,1-2H3,(H,16,17). The van der Waals surface area contributed by atoms with Crippen molar-refractivity contribution in [2.24, 2.45) is 0 Å². The van der Waals surface area contributed by atoms with Gasteiger partial charge in [0.2, 0.25) is 0 Å². The fraction of sp³-hybridized carbons (Fsp3) is 0.267. The minimum atomic E-state index is -0.836. The number of carboxylic acid groups (broad SMARTS) is 1. The predicted molar refractivity (Wildman–Crippen MR) is 69.7 cm³/mol. The van der Waals surface area contributed by atoms with Crippen LogP contribution in [0.25, 0.3) is 10.8 Å². The molecule has 88 valence electrons. The van der Waals surface area contributed by atoms with E-state index in [0.29, 0.717) is 5.56 Å². The molecule has 2 heteroatoms. The molecular formula is C15H16O2.